The van der Waals surface area contributed by atoms with Crippen LogP contribution in [0, 0.1) is 13.8 Å². The third kappa shape index (κ3) is 3.06. The summed E-state index contributed by atoms with van der Waals surface area (Å²) in [5.74, 6) is 0. The van der Waals surface area contributed by atoms with E-state index in [1.807, 2.05) is 0 Å². The zero-order valence-electron chi connectivity index (χ0n) is 10.2. The molecule has 0 aromatic heterocycles. The number of aliphatic hydroxyl groups excluding tert-OH is 1. The van der Waals surface area contributed by atoms with E-state index in [0.717, 1.165) is 13.1 Å². The zero-order chi connectivity index (χ0) is 11.5. The fraction of sp³-hybridized carbons (Fsp3) is 0.571. The van der Waals surface area contributed by atoms with Crippen molar-refractivity contribution in [1.82, 2.24) is 4.90 Å². The fourth-order valence-corrected chi connectivity index (χ4v) is 2.35. The Bertz CT molecular complexity index is 338. The normalized spacial score (nSPS) is 15.8. The molecule has 1 aromatic carbocycles. The molecule has 1 aromatic rings. The average molecular weight is 219 g/mol. The summed E-state index contributed by atoms with van der Waals surface area (Å²) in [6.45, 7) is 6.33. The second kappa shape index (κ2) is 4.98. The monoisotopic (exact) mass is 219 g/mol. The lowest BCUT2D eigenvalue weighted by Crippen LogP contribution is -2.28. The van der Waals surface area contributed by atoms with Crippen molar-refractivity contribution >= 4 is 0 Å². The molecule has 1 fully saturated rings. The van der Waals surface area contributed by atoms with E-state index in [1.54, 1.807) is 0 Å². The Kier molecular flexibility index (Phi) is 3.62. The molecule has 1 aliphatic rings. The van der Waals surface area contributed by atoms with Crippen LogP contribution in [-0.2, 0) is 6.54 Å². The molecule has 2 nitrogen and oxygen atoms in total. The van der Waals surface area contributed by atoms with Crippen LogP contribution in [0.4, 0.5) is 0 Å². The van der Waals surface area contributed by atoms with Gasteiger partial charge in [-0.05, 0) is 32.3 Å². The largest absolute Gasteiger partial charge is 0.395 e. The molecule has 1 saturated carbocycles. The number of rotatable bonds is 5. The molecule has 88 valence electrons. The standard InChI is InChI=1S/C14H21NO/c1-11-7-12(2)9-13(8-11)10-15(5-6-16)14-3-4-14/h7-9,14,16H,3-6,10H2,1-2H3. The zero-order valence-corrected chi connectivity index (χ0v) is 10.2. The summed E-state index contributed by atoms with van der Waals surface area (Å²) in [5.41, 5.74) is 4.03. The van der Waals surface area contributed by atoms with E-state index in [0.29, 0.717) is 6.04 Å². The van der Waals surface area contributed by atoms with Gasteiger partial charge in [-0.15, -0.1) is 0 Å². The first-order valence-corrected chi connectivity index (χ1v) is 6.11. The van der Waals surface area contributed by atoms with E-state index >= 15 is 0 Å². The van der Waals surface area contributed by atoms with Crippen LogP contribution in [0.25, 0.3) is 0 Å². The van der Waals surface area contributed by atoms with Crippen LogP contribution in [0.3, 0.4) is 0 Å². The molecule has 0 saturated heterocycles. The molecule has 0 amide bonds. The maximum absolute atomic E-state index is 9.06. The molecule has 1 aliphatic carbocycles. The van der Waals surface area contributed by atoms with Crippen LogP contribution in [0.1, 0.15) is 29.5 Å². The maximum Gasteiger partial charge on any atom is 0.0558 e. The lowest BCUT2D eigenvalue weighted by atomic mass is 10.1. The first-order chi connectivity index (χ1) is 7.69. The minimum absolute atomic E-state index is 0.265. The summed E-state index contributed by atoms with van der Waals surface area (Å²) in [5, 5.41) is 9.06. The maximum atomic E-state index is 9.06. The van der Waals surface area contributed by atoms with E-state index in [4.69, 9.17) is 5.11 Å². The van der Waals surface area contributed by atoms with Crippen LogP contribution in [0.2, 0.25) is 0 Å². The molecule has 2 rings (SSSR count). The summed E-state index contributed by atoms with van der Waals surface area (Å²) in [6, 6.07) is 7.42. The second-order valence-electron chi connectivity index (χ2n) is 4.92. The van der Waals surface area contributed by atoms with Crippen LogP contribution in [0.5, 0.6) is 0 Å². The van der Waals surface area contributed by atoms with Crippen molar-refractivity contribution in [2.45, 2.75) is 39.3 Å². The summed E-state index contributed by atoms with van der Waals surface area (Å²) in [4.78, 5) is 2.40. The Morgan fingerprint density at radius 3 is 2.31 bits per heavy atom. The molecule has 0 heterocycles. The lowest BCUT2D eigenvalue weighted by molar-refractivity contribution is 0.183. The van der Waals surface area contributed by atoms with Crippen molar-refractivity contribution in [3.05, 3.63) is 34.9 Å². The van der Waals surface area contributed by atoms with Gasteiger partial charge in [-0.25, -0.2) is 0 Å². The first kappa shape index (κ1) is 11.6. The highest BCUT2D eigenvalue weighted by molar-refractivity contribution is 5.28. The fourth-order valence-electron chi connectivity index (χ4n) is 2.35. The molecular formula is C14H21NO. The minimum atomic E-state index is 0.265. The third-order valence-electron chi connectivity index (χ3n) is 3.12. The highest BCUT2D eigenvalue weighted by Gasteiger charge is 2.28. The number of aryl methyl sites for hydroxylation is 2. The van der Waals surface area contributed by atoms with Gasteiger partial charge in [0, 0.05) is 19.1 Å². The van der Waals surface area contributed by atoms with E-state index in [-0.39, 0.29) is 6.61 Å². The van der Waals surface area contributed by atoms with Crippen LogP contribution in [0.15, 0.2) is 18.2 Å². The predicted octanol–water partition coefficient (Wildman–Crippen LogP) is 2.26. The number of aliphatic hydroxyl groups is 1. The Hall–Kier alpha value is -0.860. The van der Waals surface area contributed by atoms with Gasteiger partial charge in [-0.1, -0.05) is 29.3 Å². The highest BCUT2D eigenvalue weighted by atomic mass is 16.3. The summed E-state index contributed by atoms with van der Waals surface area (Å²) in [6.07, 6.45) is 2.59. The molecule has 0 radical (unpaired) electrons. The Morgan fingerprint density at radius 1 is 1.19 bits per heavy atom. The summed E-state index contributed by atoms with van der Waals surface area (Å²) < 4.78 is 0. The summed E-state index contributed by atoms with van der Waals surface area (Å²) >= 11 is 0. The van der Waals surface area contributed by atoms with Crippen LogP contribution < -0.4 is 0 Å². The van der Waals surface area contributed by atoms with Crippen LogP contribution >= 0.6 is 0 Å². The lowest BCUT2D eigenvalue weighted by Gasteiger charge is -2.21. The SMILES string of the molecule is Cc1cc(C)cc(CN(CCO)C2CC2)c1. The molecule has 0 spiro atoms. The Morgan fingerprint density at radius 2 is 1.81 bits per heavy atom. The number of hydrogen-bond acceptors (Lipinski definition) is 2. The third-order valence-corrected chi connectivity index (χ3v) is 3.12. The minimum Gasteiger partial charge on any atom is -0.395 e. The van der Waals surface area contributed by atoms with Gasteiger partial charge in [0.1, 0.15) is 0 Å². The van der Waals surface area contributed by atoms with E-state index in [2.05, 4.69) is 36.9 Å². The van der Waals surface area contributed by atoms with Crippen molar-refractivity contribution < 1.29 is 5.11 Å². The molecule has 1 N–H and O–H groups in total. The molecule has 0 aliphatic heterocycles. The van der Waals surface area contributed by atoms with Crippen molar-refractivity contribution in [2.24, 2.45) is 0 Å². The molecule has 16 heavy (non-hydrogen) atoms. The van der Waals surface area contributed by atoms with E-state index in [9.17, 15) is 0 Å². The number of benzene rings is 1. The van der Waals surface area contributed by atoms with E-state index < -0.39 is 0 Å². The highest BCUT2D eigenvalue weighted by Crippen LogP contribution is 2.28. The quantitative estimate of drug-likeness (QED) is 0.821. The van der Waals surface area contributed by atoms with Gasteiger partial charge >= 0.3 is 0 Å². The molecule has 0 bridgehead atoms. The Labute approximate surface area is 97.9 Å². The van der Waals surface area contributed by atoms with Crippen molar-refractivity contribution in [3.63, 3.8) is 0 Å². The van der Waals surface area contributed by atoms with E-state index in [1.165, 1.54) is 29.5 Å². The van der Waals surface area contributed by atoms with Gasteiger partial charge in [0.2, 0.25) is 0 Å². The smallest absolute Gasteiger partial charge is 0.0558 e. The van der Waals surface area contributed by atoms with Gasteiger partial charge in [-0.3, -0.25) is 4.90 Å². The van der Waals surface area contributed by atoms with Crippen molar-refractivity contribution in [1.29, 1.82) is 0 Å². The average Bonchev–Trinajstić information content (AvgIpc) is 2.98. The van der Waals surface area contributed by atoms with Crippen LogP contribution in [-0.4, -0.2) is 29.2 Å². The summed E-state index contributed by atoms with van der Waals surface area (Å²) in [7, 11) is 0. The molecule has 2 heteroatoms. The second-order valence-corrected chi connectivity index (χ2v) is 4.92. The number of hydrogen-bond donors (Lipinski definition) is 1. The Balaban J connectivity index is 2.05. The predicted molar refractivity (Wildman–Crippen MR) is 66.4 cm³/mol. The van der Waals surface area contributed by atoms with Crippen molar-refractivity contribution in [3.8, 4) is 0 Å². The number of nitrogens with zero attached hydrogens (tertiary/aromatic N) is 1. The van der Waals surface area contributed by atoms with Gasteiger partial charge < -0.3 is 5.11 Å². The van der Waals surface area contributed by atoms with Gasteiger partial charge in [-0.2, -0.15) is 0 Å². The van der Waals surface area contributed by atoms with Gasteiger partial charge in [0.15, 0.2) is 0 Å². The topological polar surface area (TPSA) is 23.5 Å². The molecule has 0 atom stereocenters. The van der Waals surface area contributed by atoms with Crippen molar-refractivity contribution in [2.75, 3.05) is 13.2 Å². The van der Waals surface area contributed by atoms with Gasteiger partial charge in [0.05, 0.1) is 6.61 Å². The molecular weight excluding hydrogens is 198 g/mol. The van der Waals surface area contributed by atoms with Gasteiger partial charge in [0.25, 0.3) is 0 Å². The first-order valence-electron chi connectivity index (χ1n) is 6.11. The molecule has 0 unspecified atom stereocenters.